The van der Waals surface area contributed by atoms with Crippen LogP contribution >= 0.6 is 11.6 Å². The number of esters is 1. The molecule has 0 saturated carbocycles. The fourth-order valence-electron chi connectivity index (χ4n) is 2.54. The second-order valence-corrected chi connectivity index (χ2v) is 6.37. The maximum Gasteiger partial charge on any atom is 0.328 e. The molecule has 2 aromatic rings. The van der Waals surface area contributed by atoms with Gasteiger partial charge in [0.25, 0.3) is 5.91 Å². The lowest BCUT2D eigenvalue weighted by atomic mass is 10.1. The van der Waals surface area contributed by atoms with Crippen molar-refractivity contribution >= 4 is 29.2 Å². The second kappa shape index (κ2) is 8.63. The predicted octanol–water partition coefficient (Wildman–Crippen LogP) is 2.48. The highest BCUT2D eigenvalue weighted by molar-refractivity contribution is 6.30. The zero-order valence-corrected chi connectivity index (χ0v) is 15.8. The Balaban J connectivity index is 1.86. The molecule has 0 radical (unpaired) electrons. The van der Waals surface area contributed by atoms with Crippen LogP contribution in [0.3, 0.4) is 0 Å². The summed E-state index contributed by atoms with van der Waals surface area (Å²) in [6.45, 7) is 3.99. The van der Waals surface area contributed by atoms with E-state index >= 15 is 0 Å². The monoisotopic (exact) mass is 394 g/mol. The van der Waals surface area contributed by atoms with Crippen molar-refractivity contribution < 1.29 is 19.2 Å². The van der Waals surface area contributed by atoms with Crippen molar-refractivity contribution in [3.63, 3.8) is 0 Å². The minimum atomic E-state index is -0.718. The third-order valence-electron chi connectivity index (χ3n) is 3.92. The topological polar surface area (TPSA) is 116 Å². The Morgan fingerprint density at radius 1 is 1.33 bits per heavy atom. The number of amides is 1. The van der Waals surface area contributed by atoms with Crippen LogP contribution in [0.25, 0.3) is 0 Å². The maximum atomic E-state index is 11.9. The van der Waals surface area contributed by atoms with Gasteiger partial charge < -0.3 is 10.1 Å². The number of nitro groups is 1. The van der Waals surface area contributed by atoms with Crippen LogP contribution in [-0.2, 0) is 20.9 Å². The first-order chi connectivity index (χ1) is 12.7. The number of halogens is 1. The van der Waals surface area contributed by atoms with Crippen LogP contribution in [0.2, 0.25) is 5.02 Å². The average molecular weight is 395 g/mol. The van der Waals surface area contributed by atoms with Gasteiger partial charge in [-0.25, -0.2) is 0 Å². The van der Waals surface area contributed by atoms with E-state index in [2.05, 4.69) is 10.4 Å². The lowest BCUT2D eigenvalue weighted by molar-refractivity contribution is -0.386. The molecular weight excluding hydrogens is 376 g/mol. The Morgan fingerprint density at radius 3 is 2.52 bits per heavy atom. The molecule has 1 atom stereocenters. The van der Waals surface area contributed by atoms with Crippen molar-refractivity contribution in [1.29, 1.82) is 0 Å². The number of carbonyl (C=O) groups is 2. The van der Waals surface area contributed by atoms with Gasteiger partial charge in [0.2, 0.25) is 0 Å². The van der Waals surface area contributed by atoms with Gasteiger partial charge in [-0.2, -0.15) is 5.10 Å². The smallest absolute Gasteiger partial charge is 0.328 e. The normalized spacial score (nSPS) is 11.7. The fraction of sp³-hybridized carbons (Fsp3) is 0.353. The Hall–Kier alpha value is -2.94. The van der Waals surface area contributed by atoms with Crippen LogP contribution in [-0.4, -0.2) is 33.2 Å². The van der Waals surface area contributed by atoms with Crippen molar-refractivity contribution in [3.05, 3.63) is 56.4 Å². The third kappa shape index (κ3) is 5.27. The van der Waals surface area contributed by atoms with E-state index < -0.39 is 23.4 Å². The van der Waals surface area contributed by atoms with E-state index in [1.807, 2.05) is 0 Å². The van der Waals surface area contributed by atoms with Crippen molar-refractivity contribution in [1.82, 2.24) is 15.1 Å². The summed E-state index contributed by atoms with van der Waals surface area (Å²) >= 11 is 5.82. The van der Waals surface area contributed by atoms with Gasteiger partial charge in [-0.15, -0.1) is 0 Å². The molecule has 0 saturated heterocycles. The summed E-state index contributed by atoms with van der Waals surface area (Å²) in [6.07, 6.45) is 0. The molecule has 1 aromatic carbocycles. The number of carbonyl (C=O) groups excluding carboxylic acids is 2. The molecule has 0 aliphatic heterocycles. The standard InChI is InChI=1S/C17H19ClN4O5/c1-10(13-4-6-14(18)7-5-13)19-15(23)9-27-16(24)8-21-12(3)17(22(25)26)11(2)20-21/h4-7,10H,8-9H2,1-3H3,(H,19,23)/t10-/m1/s1. The number of nitrogens with one attached hydrogen (secondary N) is 1. The van der Waals surface area contributed by atoms with Gasteiger partial charge in [0.15, 0.2) is 6.61 Å². The van der Waals surface area contributed by atoms with Gasteiger partial charge >= 0.3 is 11.7 Å². The summed E-state index contributed by atoms with van der Waals surface area (Å²) in [5.41, 5.74) is 1.17. The minimum absolute atomic E-state index is 0.141. The van der Waals surface area contributed by atoms with E-state index in [1.165, 1.54) is 18.5 Å². The Labute approximate surface area is 160 Å². The van der Waals surface area contributed by atoms with Gasteiger partial charge in [-0.05, 0) is 38.5 Å². The quantitative estimate of drug-likeness (QED) is 0.438. The number of benzene rings is 1. The van der Waals surface area contributed by atoms with Crippen LogP contribution in [0, 0.1) is 24.0 Å². The SMILES string of the molecule is Cc1nn(CC(=O)OCC(=O)N[C@H](C)c2ccc(Cl)cc2)c(C)c1[N+](=O)[O-]. The van der Waals surface area contributed by atoms with Crippen molar-refractivity contribution in [2.24, 2.45) is 0 Å². The van der Waals surface area contributed by atoms with Gasteiger partial charge in [0.05, 0.1) is 11.0 Å². The summed E-state index contributed by atoms with van der Waals surface area (Å²) in [5.74, 6) is -1.19. The lowest BCUT2D eigenvalue weighted by Crippen LogP contribution is -2.31. The molecule has 10 heteroatoms. The average Bonchev–Trinajstić information content (AvgIpc) is 2.87. The largest absolute Gasteiger partial charge is 0.454 e. The molecule has 1 amide bonds. The highest BCUT2D eigenvalue weighted by atomic mass is 35.5. The Bertz CT molecular complexity index is 863. The zero-order valence-electron chi connectivity index (χ0n) is 15.1. The zero-order chi connectivity index (χ0) is 20.1. The molecule has 0 spiro atoms. The maximum absolute atomic E-state index is 11.9. The number of ether oxygens (including phenoxy) is 1. The lowest BCUT2D eigenvalue weighted by Gasteiger charge is -2.14. The third-order valence-corrected chi connectivity index (χ3v) is 4.17. The molecule has 2 rings (SSSR count). The number of aryl methyl sites for hydroxylation is 1. The van der Waals surface area contributed by atoms with E-state index in [9.17, 15) is 19.7 Å². The predicted molar refractivity (Wildman–Crippen MR) is 97.3 cm³/mol. The van der Waals surface area contributed by atoms with Crippen LogP contribution in [0.4, 0.5) is 5.69 Å². The molecule has 1 N–H and O–H groups in total. The first kappa shape index (κ1) is 20.4. The Kier molecular flexibility index (Phi) is 6.51. The summed E-state index contributed by atoms with van der Waals surface area (Å²) < 4.78 is 6.11. The molecular formula is C17H19ClN4O5. The first-order valence-corrected chi connectivity index (χ1v) is 8.45. The highest BCUT2D eigenvalue weighted by Crippen LogP contribution is 2.21. The van der Waals surface area contributed by atoms with E-state index in [4.69, 9.17) is 16.3 Å². The summed E-state index contributed by atoms with van der Waals surface area (Å²) in [6, 6.07) is 6.72. The molecule has 1 heterocycles. The number of hydrogen-bond acceptors (Lipinski definition) is 6. The molecule has 0 bridgehead atoms. The van der Waals surface area contributed by atoms with Crippen LogP contribution in [0.1, 0.15) is 29.9 Å². The van der Waals surface area contributed by atoms with Gasteiger partial charge in [0.1, 0.15) is 17.9 Å². The highest BCUT2D eigenvalue weighted by Gasteiger charge is 2.23. The molecule has 9 nitrogen and oxygen atoms in total. The van der Waals surface area contributed by atoms with Crippen LogP contribution in [0.5, 0.6) is 0 Å². The van der Waals surface area contributed by atoms with E-state index in [1.54, 1.807) is 31.2 Å². The van der Waals surface area contributed by atoms with Crippen LogP contribution < -0.4 is 5.32 Å². The van der Waals surface area contributed by atoms with Crippen molar-refractivity contribution in [3.8, 4) is 0 Å². The number of aromatic nitrogens is 2. The van der Waals surface area contributed by atoms with E-state index in [0.717, 1.165) is 5.56 Å². The van der Waals surface area contributed by atoms with Crippen molar-refractivity contribution in [2.75, 3.05) is 6.61 Å². The minimum Gasteiger partial charge on any atom is -0.454 e. The second-order valence-electron chi connectivity index (χ2n) is 5.94. The van der Waals surface area contributed by atoms with Gasteiger partial charge in [0, 0.05) is 5.02 Å². The number of nitrogens with zero attached hydrogens (tertiary/aromatic N) is 3. The molecule has 1 aromatic heterocycles. The van der Waals surface area contributed by atoms with E-state index in [0.29, 0.717) is 5.02 Å². The van der Waals surface area contributed by atoms with E-state index in [-0.39, 0.29) is 29.7 Å². The summed E-state index contributed by atoms with van der Waals surface area (Å²) in [4.78, 5) is 34.3. The molecule has 0 fully saturated rings. The molecule has 0 aliphatic carbocycles. The first-order valence-electron chi connectivity index (χ1n) is 8.08. The van der Waals surface area contributed by atoms with Crippen molar-refractivity contribution in [2.45, 2.75) is 33.4 Å². The van der Waals surface area contributed by atoms with Gasteiger partial charge in [-0.1, -0.05) is 23.7 Å². The Morgan fingerprint density at radius 2 is 1.96 bits per heavy atom. The summed E-state index contributed by atoms with van der Waals surface area (Å²) in [7, 11) is 0. The number of hydrogen-bond donors (Lipinski definition) is 1. The fourth-order valence-corrected chi connectivity index (χ4v) is 2.66. The van der Waals surface area contributed by atoms with Crippen LogP contribution in [0.15, 0.2) is 24.3 Å². The molecule has 27 heavy (non-hydrogen) atoms. The number of rotatable bonds is 7. The van der Waals surface area contributed by atoms with Gasteiger partial charge in [-0.3, -0.25) is 24.4 Å². The molecule has 144 valence electrons. The molecule has 0 aliphatic rings. The summed E-state index contributed by atoms with van der Waals surface area (Å²) in [5, 5.41) is 18.2. The molecule has 0 unspecified atom stereocenters.